The Morgan fingerprint density at radius 2 is 1.25 bits per heavy atom. The van der Waals surface area contributed by atoms with Crippen molar-refractivity contribution in [1.82, 2.24) is 9.13 Å². The molecule has 3 aliphatic carbocycles. The first kappa shape index (κ1) is 35.1. The highest BCUT2D eigenvalue weighted by atomic mass is 15.0. The first-order valence-corrected chi connectivity index (χ1v) is 21.2. The molecule has 286 valence electrons. The fraction of sp³-hybridized carbons (Fsp3) is 0.0877. The Kier molecular flexibility index (Phi) is 7.80. The number of hydrogen-bond donors (Lipinski definition) is 0. The van der Waals surface area contributed by atoms with Gasteiger partial charge in [0.2, 0.25) is 0 Å². The van der Waals surface area contributed by atoms with Gasteiger partial charge >= 0.3 is 0 Å². The van der Waals surface area contributed by atoms with Gasteiger partial charge in [-0.1, -0.05) is 133 Å². The molecule has 0 N–H and O–H groups in total. The summed E-state index contributed by atoms with van der Waals surface area (Å²) in [7, 11) is 0. The molecule has 1 unspecified atom stereocenters. The lowest BCUT2D eigenvalue weighted by atomic mass is 9.56. The lowest BCUT2D eigenvalue weighted by Crippen LogP contribution is -2.37. The maximum atomic E-state index is 10.4. The van der Waals surface area contributed by atoms with Gasteiger partial charge in [-0.25, -0.2) is 0 Å². The normalized spacial score (nSPS) is 16.7. The van der Waals surface area contributed by atoms with Gasteiger partial charge in [0.1, 0.15) is 17.7 Å². The van der Waals surface area contributed by atoms with Crippen LogP contribution in [0, 0.1) is 22.7 Å². The Labute approximate surface area is 354 Å². The maximum absolute atomic E-state index is 10.4. The number of nitrogens with zero attached hydrogens (tertiary/aromatic N) is 4. The molecule has 7 aromatic carbocycles. The van der Waals surface area contributed by atoms with Crippen molar-refractivity contribution in [3.63, 3.8) is 0 Å². The second-order valence-electron chi connectivity index (χ2n) is 16.4. The smallest absolute Gasteiger partial charge is 0.138 e. The van der Waals surface area contributed by atoms with Gasteiger partial charge in [-0.15, -0.1) is 0 Å². The van der Waals surface area contributed by atoms with Gasteiger partial charge in [-0.3, -0.25) is 0 Å². The first-order chi connectivity index (χ1) is 30.2. The Balaban J connectivity index is 1.16. The van der Waals surface area contributed by atoms with Crippen LogP contribution in [0.4, 0.5) is 0 Å². The summed E-state index contributed by atoms with van der Waals surface area (Å²) in [5.74, 6) is 0. The predicted octanol–water partition coefficient (Wildman–Crippen LogP) is 13.6. The van der Waals surface area contributed by atoms with Crippen molar-refractivity contribution in [2.45, 2.75) is 31.1 Å². The van der Waals surface area contributed by atoms with Crippen LogP contribution in [-0.4, -0.2) is 9.13 Å². The predicted molar refractivity (Wildman–Crippen MR) is 249 cm³/mol. The Morgan fingerprint density at radius 1 is 0.557 bits per heavy atom. The highest BCUT2D eigenvalue weighted by molar-refractivity contribution is 6.12. The van der Waals surface area contributed by atoms with E-state index >= 15 is 0 Å². The van der Waals surface area contributed by atoms with Gasteiger partial charge in [-0.2, -0.15) is 10.5 Å². The topological polar surface area (TPSA) is 57.4 Å². The fourth-order valence-corrected chi connectivity index (χ4v) is 11.0. The van der Waals surface area contributed by atoms with Crippen LogP contribution in [0.15, 0.2) is 193 Å². The third-order valence-corrected chi connectivity index (χ3v) is 13.4. The van der Waals surface area contributed by atoms with Crippen molar-refractivity contribution >= 4 is 55.1 Å². The summed E-state index contributed by atoms with van der Waals surface area (Å²) >= 11 is 0. The molecule has 2 heterocycles. The van der Waals surface area contributed by atoms with E-state index < -0.39 is 5.41 Å². The molecule has 1 atom stereocenters. The molecule has 61 heavy (non-hydrogen) atoms. The van der Waals surface area contributed by atoms with Crippen molar-refractivity contribution in [2.75, 3.05) is 0 Å². The molecule has 0 fully saturated rings. The fourth-order valence-electron chi connectivity index (χ4n) is 11.0. The molecule has 12 rings (SSSR count). The van der Waals surface area contributed by atoms with Crippen molar-refractivity contribution in [2.24, 2.45) is 0 Å². The minimum atomic E-state index is -0.762. The summed E-state index contributed by atoms with van der Waals surface area (Å²) in [6.07, 6.45) is 12.9. The second kappa shape index (κ2) is 13.6. The molecule has 4 nitrogen and oxygen atoms in total. The zero-order valence-electron chi connectivity index (χ0n) is 33.4. The van der Waals surface area contributed by atoms with Gasteiger partial charge in [0.15, 0.2) is 0 Å². The number of hydrogen-bond acceptors (Lipinski definition) is 2. The minimum absolute atomic E-state index is 0.141. The number of benzene rings is 7. The van der Waals surface area contributed by atoms with Gasteiger partial charge < -0.3 is 9.13 Å². The first-order valence-electron chi connectivity index (χ1n) is 21.2. The van der Waals surface area contributed by atoms with E-state index in [0.29, 0.717) is 0 Å². The Bertz CT molecular complexity index is 3520. The maximum Gasteiger partial charge on any atom is 0.138 e. The summed E-state index contributed by atoms with van der Waals surface area (Å²) in [6.45, 7) is 0. The molecule has 9 aromatic rings. The number of aromatic nitrogens is 2. The minimum Gasteiger partial charge on any atom is -0.313 e. The van der Waals surface area contributed by atoms with Gasteiger partial charge in [-0.05, 0) is 118 Å². The van der Waals surface area contributed by atoms with Gasteiger partial charge in [0, 0.05) is 44.4 Å². The molecular weight excluding hydrogens is 741 g/mol. The van der Waals surface area contributed by atoms with Crippen LogP contribution in [0.3, 0.4) is 0 Å². The molecule has 0 saturated heterocycles. The van der Waals surface area contributed by atoms with Crippen LogP contribution in [0.25, 0.3) is 66.5 Å². The lowest BCUT2D eigenvalue weighted by molar-refractivity contribution is 0.710. The van der Waals surface area contributed by atoms with E-state index in [1.807, 2.05) is 6.07 Å². The van der Waals surface area contributed by atoms with Crippen molar-refractivity contribution < 1.29 is 0 Å². The summed E-state index contributed by atoms with van der Waals surface area (Å²) in [6, 6.07) is 61.8. The summed E-state index contributed by atoms with van der Waals surface area (Å²) < 4.78 is 4.85. The third-order valence-electron chi connectivity index (χ3n) is 13.4. The van der Waals surface area contributed by atoms with Crippen LogP contribution in [0.5, 0.6) is 0 Å². The third kappa shape index (κ3) is 4.91. The molecule has 0 spiro atoms. The van der Waals surface area contributed by atoms with Crippen LogP contribution < -0.4 is 0 Å². The molecule has 0 aliphatic heterocycles. The van der Waals surface area contributed by atoms with E-state index in [-0.39, 0.29) is 5.57 Å². The average Bonchev–Trinajstić information content (AvgIpc) is 3.85. The van der Waals surface area contributed by atoms with Crippen LogP contribution in [0.2, 0.25) is 0 Å². The zero-order chi connectivity index (χ0) is 40.7. The van der Waals surface area contributed by atoms with E-state index in [4.69, 9.17) is 0 Å². The second-order valence-corrected chi connectivity index (χ2v) is 16.4. The monoisotopic (exact) mass is 778 g/mol. The van der Waals surface area contributed by atoms with Gasteiger partial charge in [0.05, 0.1) is 22.0 Å². The van der Waals surface area contributed by atoms with Crippen molar-refractivity contribution in [3.05, 3.63) is 226 Å². The van der Waals surface area contributed by atoms with Crippen molar-refractivity contribution in [3.8, 4) is 23.5 Å². The standard InChI is InChI=1S/C57H38N4/c58-35-38(36-59)55-45-19-6-10-22-49(45)57(50-23-11-7-20-46(50)55,40-29-33-53-48(34-40)44-18-8-12-24-51(44)60(53)41-15-2-1-3-16-41)39-27-30-42(31-28-39)61-52-25-13-9-21-47(52)56-43-17-5-4-14-37(43)26-32-54(56)61/h1-6,8-10,12,14-24,26-34H,7,11,13,25H2. The lowest BCUT2D eigenvalue weighted by Gasteiger charge is -2.46. The Morgan fingerprint density at radius 3 is 2.10 bits per heavy atom. The van der Waals surface area contributed by atoms with Crippen LogP contribution >= 0.6 is 0 Å². The quantitative estimate of drug-likeness (QED) is 0.167. The number of allylic oxidation sites excluding steroid dienone is 7. The van der Waals surface area contributed by atoms with E-state index in [2.05, 4.69) is 197 Å². The van der Waals surface area contributed by atoms with E-state index in [0.717, 1.165) is 87.1 Å². The van der Waals surface area contributed by atoms with Crippen molar-refractivity contribution in [1.29, 1.82) is 10.5 Å². The van der Waals surface area contributed by atoms with E-state index in [9.17, 15) is 10.5 Å². The molecule has 4 heteroatoms. The van der Waals surface area contributed by atoms with E-state index in [1.54, 1.807) is 0 Å². The largest absolute Gasteiger partial charge is 0.313 e. The zero-order valence-corrected chi connectivity index (χ0v) is 33.4. The number of rotatable bonds is 4. The SMILES string of the molecule is N#CC(C#N)=C1C2=CCCC=C2C(c2ccc(-n3c4c(c5c6ccccc6ccc53)C=CCC4)cc2)(c2ccc3c(c2)c2ccccc2n3-c2ccccc2)c2ccccc21. The summed E-state index contributed by atoms with van der Waals surface area (Å²) in [5.41, 5.74) is 14.9. The molecule has 0 bridgehead atoms. The van der Waals surface area contributed by atoms with Crippen LogP contribution in [-0.2, 0) is 11.8 Å². The Hall–Kier alpha value is -7.92. The van der Waals surface area contributed by atoms with E-state index in [1.165, 1.54) is 43.7 Å². The molecular formula is C57H38N4. The highest BCUT2D eigenvalue weighted by Gasteiger charge is 2.48. The van der Waals surface area contributed by atoms with Crippen LogP contribution in [0.1, 0.15) is 52.8 Å². The summed E-state index contributed by atoms with van der Waals surface area (Å²) in [5, 5.41) is 27.1. The molecule has 0 saturated carbocycles. The highest BCUT2D eigenvalue weighted by Crippen LogP contribution is 2.58. The number of para-hydroxylation sites is 2. The molecule has 0 amide bonds. The molecule has 2 aromatic heterocycles. The van der Waals surface area contributed by atoms with Gasteiger partial charge in [0.25, 0.3) is 0 Å². The number of nitriles is 2. The number of fused-ring (bicyclic) bond motifs is 10. The molecule has 3 aliphatic rings. The molecule has 0 radical (unpaired) electrons. The average molecular weight is 779 g/mol. The summed E-state index contributed by atoms with van der Waals surface area (Å²) in [4.78, 5) is 0.